The van der Waals surface area contributed by atoms with Crippen LogP contribution < -0.4 is 9.47 Å². The molecule has 1 aliphatic rings. The highest BCUT2D eigenvalue weighted by molar-refractivity contribution is 7.89. The summed E-state index contributed by atoms with van der Waals surface area (Å²) in [7, 11) is -2.31. The molecule has 8 nitrogen and oxygen atoms in total. The van der Waals surface area contributed by atoms with Gasteiger partial charge in [-0.05, 0) is 23.1 Å². The third-order valence-electron chi connectivity index (χ3n) is 5.06. The van der Waals surface area contributed by atoms with Crippen molar-refractivity contribution in [3.05, 3.63) is 53.9 Å². The fourth-order valence-corrected chi connectivity index (χ4v) is 4.33. The lowest BCUT2D eigenvalue weighted by Crippen LogP contribution is -2.27. The molecular formula is C22H25N3O5S. The maximum atomic E-state index is 13.0. The van der Waals surface area contributed by atoms with Crippen molar-refractivity contribution in [2.75, 3.05) is 20.3 Å². The molecule has 0 fully saturated rings. The topological polar surface area (TPSA) is 94.8 Å². The molecule has 0 aliphatic carbocycles. The molecular weight excluding hydrogens is 418 g/mol. The summed E-state index contributed by atoms with van der Waals surface area (Å²) >= 11 is 0. The second kappa shape index (κ2) is 7.97. The summed E-state index contributed by atoms with van der Waals surface area (Å²) in [5.74, 6) is 1.57. The smallest absolute Gasteiger partial charge is 0.243 e. The van der Waals surface area contributed by atoms with Crippen molar-refractivity contribution in [3.63, 3.8) is 0 Å². The van der Waals surface area contributed by atoms with E-state index in [1.54, 1.807) is 6.07 Å². The molecule has 1 aromatic heterocycles. The van der Waals surface area contributed by atoms with Gasteiger partial charge in [-0.25, -0.2) is 8.42 Å². The van der Waals surface area contributed by atoms with Crippen molar-refractivity contribution in [1.82, 2.24) is 14.4 Å². The van der Waals surface area contributed by atoms with E-state index in [0.29, 0.717) is 30.5 Å². The molecule has 31 heavy (non-hydrogen) atoms. The molecule has 2 aromatic carbocycles. The molecule has 0 unspecified atom stereocenters. The summed E-state index contributed by atoms with van der Waals surface area (Å²) in [6.07, 6.45) is 0. The Kier molecular flexibility index (Phi) is 5.49. The highest BCUT2D eigenvalue weighted by atomic mass is 32.2. The first-order valence-electron chi connectivity index (χ1n) is 9.94. The molecule has 0 amide bonds. The standard InChI is InChI=1S/C22H25N3O5S/c1-22(2,3)16-7-5-15(6-8-16)21-23-20(30-24-21)14-25(4)31(26,27)17-9-10-18-19(13-17)29-12-11-28-18/h5-10,13H,11-12,14H2,1-4H3. The van der Waals surface area contributed by atoms with Crippen LogP contribution in [0.5, 0.6) is 11.5 Å². The highest BCUT2D eigenvalue weighted by Crippen LogP contribution is 2.33. The third-order valence-corrected chi connectivity index (χ3v) is 6.86. The van der Waals surface area contributed by atoms with Crippen LogP contribution in [0.4, 0.5) is 0 Å². The van der Waals surface area contributed by atoms with Gasteiger partial charge in [-0.3, -0.25) is 0 Å². The predicted molar refractivity (Wildman–Crippen MR) is 115 cm³/mol. The van der Waals surface area contributed by atoms with Crippen molar-refractivity contribution in [3.8, 4) is 22.9 Å². The molecule has 0 saturated heterocycles. The van der Waals surface area contributed by atoms with Crippen molar-refractivity contribution in [2.24, 2.45) is 0 Å². The van der Waals surface area contributed by atoms with Crippen molar-refractivity contribution >= 4 is 10.0 Å². The minimum Gasteiger partial charge on any atom is -0.486 e. The van der Waals surface area contributed by atoms with E-state index in [-0.39, 0.29) is 22.7 Å². The quantitative estimate of drug-likeness (QED) is 0.594. The summed E-state index contributed by atoms with van der Waals surface area (Å²) in [6, 6.07) is 12.5. The van der Waals surface area contributed by atoms with E-state index in [1.807, 2.05) is 24.3 Å². The first-order chi connectivity index (χ1) is 14.6. The van der Waals surface area contributed by atoms with E-state index in [4.69, 9.17) is 14.0 Å². The van der Waals surface area contributed by atoms with Gasteiger partial charge in [0.25, 0.3) is 0 Å². The first kappa shape index (κ1) is 21.3. The van der Waals surface area contributed by atoms with Gasteiger partial charge in [-0.1, -0.05) is 50.2 Å². The number of sulfonamides is 1. The molecule has 0 saturated carbocycles. The van der Waals surface area contributed by atoms with Crippen LogP contribution in [0.2, 0.25) is 0 Å². The van der Waals surface area contributed by atoms with Gasteiger partial charge in [0.1, 0.15) is 13.2 Å². The van der Waals surface area contributed by atoms with Crippen LogP contribution in [0.1, 0.15) is 32.2 Å². The molecule has 4 rings (SSSR count). The molecule has 9 heteroatoms. The van der Waals surface area contributed by atoms with E-state index in [9.17, 15) is 8.42 Å². The zero-order valence-electron chi connectivity index (χ0n) is 18.0. The zero-order chi connectivity index (χ0) is 22.2. The van der Waals surface area contributed by atoms with Gasteiger partial charge in [0.05, 0.1) is 11.4 Å². The number of benzene rings is 2. The van der Waals surface area contributed by atoms with Gasteiger partial charge in [-0.15, -0.1) is 0 Å². The molecule has 1 aliphatic heterocycles. The van der Waals surface area contributed by atoms with Crippen LogP contribution in [-0.2, 0) is 22.0 Å². The largest absolute Gasteiger partial charge is 0.486 e. The maximum absolute atomic E-state index is 13.0. The normalized spacial score (nSPS) is 14.1. The van der Waals surface area contributed by atoms with E-state index in [0.717, 1.165) is 5.56 Å². The Morgan fingerprint density at radius 3 is 2.35 bits per heavy atom. The Labute approximate surface area is 181 Å². The number of fused-ring (bicyclic) bond motifs is 1. The lowest BCUT2D eigenvalue weighted by atomic mass is 9.87. The van der Waals surface area contributed by atoms with Crippen LogP contribution in [-0.4, -0.2) is 43.1 Å². The molecule has 0 bridgehead atoms. The van der Waals surface area contributed by atoms with Crippen LogP contribution in [0.25, 0.3) is 11.4 Å². The van der Waals surface area contributed by atoms with Crippen LogP contribution >= 0.6 is 0 Å². The van der Waals surface area contributed by atoms with E-state index < -0.39 is 10.0 Å². The number of nitrogens with zero attached hydrogens (tertiary/aromatic N) is 3. The second-order valence-corrected chi connectivity index (χ2v) is 10.5. The van der Waals surface area contributed by atoms with E-state index in [1.165, 1.54) is 29.0 Å². The summed E-state index contributed by atoms with van der Waals surface area (Å²) in [5, 5.41) is 4.00. The minimum absolute atomic E-state index is 0.0475. The summed E-state index contributed by atoms with van der Waals surface area (Å²) in [5.41, 5.74) is 2.05. The van der Waals surface area contributed by atoms with Crippen LogP contribution in [0.15, 0.2) is 51.9 Å². The Morgan fingerprint density at radius 1 is 1.00 bits per heavy atom. The Bertz CT molecular complexity index is 1180. The number of ether oxygens (including phenoxy) is 2. The molecule has 3 aromatic rings. The van der Waals surface area contributed by atoms with Gasteiger partial charge in [0, 0.05) is 18.7 Å². The Morgan fingerprint density at radius 2 is 1.68 bits per heavy atom. The van der Waals surface area contributed by atoms with Gasteiger partial charge < -0.3 is 14.0 Å². The minimum atomic E-state index is -3.78. The molecule has 164 valence electrons. The fourth-order valence-electron chi connectivity index (χ4n) is 3.20. The number of aromatic nitrogens is 2. The summed E-state index contributed by atoms with van der Waals surface area (Å²) in [6.45, 7) is 7.21. The average molecular weight is 444 g/mol. The third kappa shape index (κ3) is 4.42. The van der Waals surface area contributed by atoms with Gasteiger partial charge in [-0.2, -0.15) is 9.29 Å². The summed E-state index contributed by atoms with van der Waals surface area (Å²) in [4.78, 5) is 4.47. The first-order valence-corrected chi connectivity index (χ1v) is 11.4. The highest BCUT2D eigenvalue weighted by Gasteiger charge is 2.25. The van der Waals surface area contributed by atoms with Crippen LogP contribution in [0, 0.1) is 0 Å². The van der Waals surface area contributed by atoms with Gasteiger partial charge in [0.2, 0.25) is 21.7 Å². The van der Waals surface area contributed by atoms with Crippen molar-refractivity contribution in [1.29, 1.82) is 0 Å². The monoisotopic (exact) mass is 443 g/mol. The van der Waals surface area contributed by atoms with Gasteiger partial charge in [0.15, 0.2) is 11.5 Å². The molecule has 0 atom stereocenters. The Hall–Kier alpha value is -2.91. The number of hydrogen-bond acceptors (Lipinski definition) is 7. The maximum Gasteiger partial charge on any atom is 0.243 e. The lowest BCUT2D eigenvalue weighted by Gasteiger charge is -2.20. The summed E-state index contributed by atoms with van der Waals surface area (Å²) < 4.78 is 43.3. The lowest BCUT2D eigenvalue weighted by molar-refractivity contribution is 0.171. The SMILES string of the molecule is CN(Cc1nc(-c2ccc(C(C)(C)C)cc2)no1)S(=O)(=O)c1ccc2c(c1)OCCO2. The Balaban J connectivity index is 1.50. The molecule has 0 N–H and O–H groups in total. The number of hydrogen-bond donors (Lipinski definition) is 0. The molecule has 2 heterocycles. The van der Waals surface area contributed by atoms with Gasteiger partial charge >= 0.3 is 0 Å². The van der Waals surface area contributed by atoms with Crippen LogP contribution in [0.3, 0.4) is 0 Å². The second-order valence-electron chi connectivity index (χ2n) is 8.41. The zero-order valence-corrected chi connectivity index (χ0v) is 18.8. The fraction of sp³-hybridized carbons (Fsp3) is 0.364. The molecule has 0 spiro atoms. The van der Waals surface area contributed by atoms with E-state index in [2.05, 4.69) is 30.9 Å². The van der Waals surface area contributed by atoms with Crippen molar-refractivity contribution < 1.29 is 22.4 Å². The van der Waals surface area contributed by atoms with Crippen molar-refractivity contribution in [2.45, 2.75) is 37.6 Å². The average Bonchev–Trinajstić information content (AvgIpc) is 3.21. The number of rotatable bonds is 5. The predicted octanol–water partition coefficient (Wildman–Crippen LogP) is 3.63. The molecule has 0 radical (unpaired) electrons. The van der Waals surface area contributed by atoms with E-state index >= 15 is 0 Å².